The molecule has 0 atom stereocenters. The molecule has 0 aliphatic rings. The van der Waals surface area contributed by atoms with E-state index in [9.17, 15) is 5.11 Å². The molecule has 2 rings (SSSR count). The number of aryl methyl sites for hydroxylation is 1. The largest absolute Gasteiger partial charge is 0.391 e. The molecule has 0 radical (unpaired) electrons. The predicted molar refractivity (Wildman–Crippen MR) is 64.4 cm³/mol. The highest BCUT2D eigenvalue weighted by atomic mass is 32.1. The Hall–Kier alpha value is -1.20. The predicted octanol–water partition coefficient (Wildman–Crippen LogP) is 2.39. The van der Waals surface area contributed by atoms with Gasteiger partial charge in [0.15, 0.2) is 0 Å². The molecule has 86 valence electrons. The summed E-state index contributed by atoms with van der Waals surface area (Å²) in [5.41, 5.74) is 1.83. The minimum absolute atomic E-state index is 0.0319. The third-order valence-electron chi connectivity index (χ3n) is 2.35. The lowest BCUT2D eigenvalue weighted by molar-refractivity contribution is 0.285. The second-order valence-corrected chi connectivity index (χ2v) is 5.21. The zero-order valence-electron chi connectivity index (χ0n) is 9.64. The Morgan fingerprint density at radius 3 is 2.88 bits per heavy atom. The molecule has 0 aliphatic carbocycles. The van der Waals surface area contributed by atoms with Gasteiger partial charge >= 0.3 is 0 Å². The van der Waals surface area contributed by atoms with E-state index in [1.807, 2.05) is 17.7 Å². The van der Waals surface area contributed by atoms with Crippen molar-refractivity contribution >= 4 is 11.3 Å². The Labute approximate surface area is 98.6 Å². The first-order valence-electron chi connectivity index (χ1n) is 5.24. The summed E-state index contributed by atoms with van der Waals surface area (Å²) in [6.45, 7) is 6.14. The van der Waals surface area contributed by atoms with Crippen molar-refractivity contribution in [3.05, 3.63) is 22.1 Å². The molecule has 0 fully saturated rings. The fraction of sp³-hybridized carbons (Fsp3) is 0.455. The molecule has 0 saturated carbocycles. The van der Waals surface area contributed by atoms with Crippen molar-refractivity contribution in [3.8, 4) is 11.4 Å². The van der Waals surface area contributed by atoms with Crippen LogP contribution in [0.5, 0.6) is 0 Å². The van der Waals surface area contributed by atoms with E-state index >= 15 is 0 Å². The van der Waals surface area contributed by atoms with Crippen molar-refractivity contribution < 1.29 is 5.11 Å². The molecule has 0 unspecified atom stereocenters. The van der Waals surface area contributed by atoms with Crippen molar-refractivity contribution in [1.29, 1.82) is 0 Å². The summed E-state index contributed by atoms with van der Waals surface area (Å²) >= 11 is 1.53. The van der Waals surface area contributed by atoms with Crippen LogP contribution in [0, 0.1) is 6.92 Å². The average molecular weight is 237 g/mol. The number of hydrogen-bond donors (Lipinski definition) is 1. The zero-order valence-corrected chi connectivity index (χ0v) is 10.5. The summed E-state index contributed by atoms with van der Waals surface area (Å²) in [4.78, 5) is 5.37. The van der Waals surface area contributed by atoms with Gasteiger partial charge in [0.05, 0.1) is 22.2 Å². The maximum atomic E-state index is 9.30. The van der Waals surface area contributed by atoms with E-state index in [0.717, 1.165) is 21.3 Å². The van der Waals surface area contributed by atoms with Gasteiger partial charge in [0, 0.05) is 12.2 Å². The Bertz CT molecular complexity index is 487. The minimum Gasteiger partial charge on any atom is -0.391 e. The Kier molecular flexibility index (Phi) is 3.07. The molecular weight excluding hydrogens is 222 g/mol. The standard InChI is InChI=1S/C11H15N3OS/c1-7(2)14-9(4-5-12-14)11-10(6-15)16-8(3)13-11/h4-5,7,15H,6H2,1-3H3. The number of rotatable bonds is 3. The van der Waals surface area contributed by atoms with Crippen molar-refractivity contribution in [2.75, 3.05) is 0 Å². The van der Waals surface area contributed by atoms with Gasteiger partial charge in [0.1, 0.15) is 5.69 Å². The van der Waals surface area contributed by atoms with Gasteiger partial charge in [-0.2, -0.15) is 5.10 Å². The fourth-order valence-corrected chi connectivity index (χ4v) is 2.49. The summed E-state index contributed by atoms with van der Waals surface area (Å²) in [6, 6.07) is 2.23. The van der Waals surface area contributed by atoms with Crippen LogP contribution in [0.15, 0.2) is 12.3 Å². The third-order valence-corrected chi connectivity index (χ3v) is 3.31. The number of aliphatic hydroxyl groups excluding tert-OH is 1. The molecule has 5 heteroatoms. The zero-order chi connectivity index (χ0) is 11.7. The molecule has 1 N–H and O–H groups in total. The number of aromatic nitrogens is 3. The van der Waals surface area contributed by atoms with E-state index in [-0.39, 0.29) is 6.61 Å². The van der Waals surface area contributed by atoms with E-state index in [1.165, 1.54) is 11.3 Å². The molecule has 2 heterocycles. The Balaban J connectivity index is 2.53. The van der Waals surface area contributed by atoms with Gasteiger partial charge in [-0.15, -0.1) is 11.3 Å². The highest BCUT2D eigenvalue weighted by molar-refractivity contribution is 7.12. The average Bonchev–Trinajstić information content (AvgIpc) is 2.82. The van der Waals surface area contributed by atoms with Crippen LogP contribution in [0.25, 0.3) is 11.4 Å². The van der Waals surface area contributed by atoms with Crippen molar-refractivity contribution in [1.82, 2.24) is 14.8 Å². The van der Waals surface area contributed by atoms with Gasteiger partial charge in [0.25, 0.3) is 0 Å². The minimum atomic E-state index is 0.0319. The summed E-state index contributed by atoms with van der Waals surface area (Å²) in [5, 5.41) is 14.5. The lowest BCUT2D eigenvalue weighted by Gasteiger charge is -2.09. The van der Waals surface area contributed by atoms with E-state index < -0.39 is 0 Å². The molecular formula is C11H15N3OS. The molecule has 0 aliphatic heterocycles. The van der Waals surface area contributed by atoms with Crippen LogP contribution in [-0.2, 0) is 6.61 Å². The molecule has 0 aromatic carbocycles. The second kappa shape index (κ2) is 4.35. The van der Waals surface area contributed by atoms with Crippen LogP contribution in [0.1, 0.15) is 29.8 Å². The van der Waals surface area contributed by atoms with Gasteiger partial charge in [-0.3, -0.25) is 4.68 Å². The quantitative estimate of drug-likeness (QED) is 0.891. The molecule has 0 spiro atoms. The first-order chi connectivity index (χ1) is 7.63. The number of nitrogens with zero attached hydrogens (tertiary/aromatic N) is 3. The van der Waals surface area contributed by atoms with E-state index in [2.05, 4.69) is 23.9 Å². The van der Waals surface area contributed by atoms with Crippen LogP contribution in [-0.4, -0.2) is 19.9 Å². The van der Waals surface area contributed by atoms with Crippen molar-refractivity contribution in [3.63, 3.8) is 0 Å². The summed E-state index contributed by atoms with van der Waals surface area (Å²) in [6.07, 6.45) is 1.77. The van der Waals surface area contributed by atoms with Crippen LogP contribution in [0.3, 0.4) is 0 Å². The topological polar surface area (TPSA) is 50.9 Å². The van der Waals surface area contributed by atoms with E-state index in [4.69, 9.17) is 0 Å². The molecule has 16 heavy (non-hydrogen) atoms. The van der Waals surface area contributed by atoms with Crippen LogP contribution in [0.2, 0.25) is 0 Å². The normalized spacial score (nSPS) is 11.3. The third kappa shape index (κ3) is 1.88. The number of aliphatic hydroxyl groups is 1. The summed E-state index contributed by atoms with van der Waals surface area (Å²) in [5.74, 6) is 0. The van der Waals surface area contributed by atoms with Gasteiger partial charge in [-0.1, -0.05) is 0 Å². The summed E-state index contributed by atoms with van der Waals surface area (Å²) < 4.78 is 1.92. The molecule has 2 aromatic heterocycles. The number of hydrogen-bond acceptors (Lipinski definition) is 4. The monoisotopic (exact) mass is 237 g/mol. The maximum absolute atomic E-state index is 9.30. The smallest absolute Gasteiger partial charge is 0.105 e. The fourth-order valence-electron chi connectivity index (χ4n) is 1.69. The molecule has 4 nitrogen and oxygen atoms in total. The molecule has 0 bridgehead atoms. The van der Waals surface area contributed by atoms with E-state index in [0.29, 0.717) is 6.04 Å². The summed E-state index contributed by atoms with van der Waals surface area (Å²) in [7, 11) is 0. The Morgan fingerprint density at radius 1 is 1.50 bits per heavy atom. The first kappa shape index (κ1) is 11.3. The van der Waals surface area contributed by atoms with Crippen LogP contribution < -0.4 is 0 Å². The van der Waals surface area contributed by atoms with Crippen molar-refractivity contribution in [2.24, 2.45) is 0 Å². The Morgan fingerprint density at radius 2 is 2.25 bits per heavy atom. The number of thiazole rings is 1. The molecule has 2 aromatic rings. The van der Waals surface area contributed by atoms with Gasteiger partial charge < -0.3 is 5.11 Å². The van der Waals surface area contributed by atoms with Gasteiger partial charge in [-0.05, 0) is 26.8 Å². The lowest BCUT2D eigenvalue weighted by atomic mass is 10.2. The first-order valence-corrected chi connectivity index (χ1v) is 6.06. The highest BCUT2D eigenvalue weighted by Gasteiger charge is 2.15. The van der Waals surface area contributed by atoms with Crippen LogP contribution >= 0.6 is 11.3 Å². The van der Waals surface area contributed by atoms with Crippen molar-refractivity contribution in [2.45, 2.75) is 33.4 Å². The molecule has 0 saturated heterocycles. The van der Waals surface area contributed by atoms with Gasteiger partial charge in [-0.25, -0.2) is 4.98 Å². The highest BCUT2D eigenvalue weighted by Crippen LogP contribution is 2.29. The lowest BCUT2D eigenvalue weighted by Crippen LogP contribution is -2.05. The molecule has 0 amide bonds. The SMILES string of the molecule is Cc1nc(-c2ccnn2C(C)C)c(CO)s1. The van der Waals surface area contributed by atoms with Crippen LogP contribution in [0.4, 0.5) is 0 Å². The van der Waals surface area contributed by atoms with Gasteiger partial charge in [0.2, 0.25) is 0 Å². The second-order valence-electron chi connectivity index (χ2n) is 3.92. The van der Waals surface area contributed by atoms with E-state index in [1.54, 1.807) is 6.20 Å². The maximum Gasteiger partial charge on any atom is 0.105 e.